The van der Waals surface area contributed by atoms with E-state index >= 15 is 0 Å². The highest BCUT2D eigenvalue weighted by atomic mass is 32.1. The molecule has 4 heteroatoms. The predicted octanol–water partition coefficient (Wildman–Crippen LogP) is 2.51. The molecule has 0 aliphatic carbocycles. The van der Waals surface area contributed by atoms with Crippen molar-refractivity contribution in [3.05, 3.63) is 29.0 Å². The van der Waals surface area contributed by atoms with Crippen LogP contribution in [-0.2, 0) is 6.54 Å². The van der Waals surface area contributed by atoms with Crippen molar-refractivity contribution < 1.29 is 4.42 Å². The molecule has 0 aliphatic heterocycles. The molecule has 74 valence electrons. The average molecular weight is 208 g/mol. The van der Waals surface area contributed by atoms with Gasteiger partial charge in [-0.3, -0.25) is 0 Å². The van der Waals surface area contributed by atoms with Gasteiger partial charge in [0.25, 0.3) is 0 Å². The zero-order valence-electron chi connectivity index (χ0n) is 7.99. The molecular weight excluding hydrogens is 196 g/mol. The highest BCUT2D eigenvalue weighted by molar-refractivity contribution is 7.09. The van der Waals surface area contributed by atoms with E-state index in [9.17, 15) is 0 Å². The van der Waals surface area contributed by atoms with Crippen molar-refractivity contribution in [3.8, 4) is 11.3 Å². The lowest BCUT2D eigenvalue weighted by Crippen LogP contribution is -2.11. The number of furan rings is 1. The maximum atomic E-state index is 5.01. The van der Waals surface area contributed by atoms with Gasteiger partial charge in [-0.25, -0.2) is 4.98 Å². The zero-order valence-corrected chi connectivity index (χ0v) is 8.80. The Balaban J connectivity index is 2.10. The predicted molar refractivity (Wildman–Crippen MR) is 57.2 cm³/mol. The molecule has 0 aromatic carbocycles. The van der Waals surface area contributed by atoms with Gasteiger partial charge in [-0.1, -0.05) is 6.92 Å². The number of nitrogens with one attached hydrogen (secondary N) is 1. The molecule has 0 saturated heterocycles. The number of nitrogens with zero attached hydrogens (tertiary/aromatic N) is 1. The summed E-state index contributed by atoms with van der Waals surface area (Å²) in [5, 5.41) is 6.41. The summed E-state index contributed by atoms with van der Waals surface area (Å²) in [5.41, 5.74) is 2.04. The molecule has 0 spiro atoms. The van der Waals surface area contributed by atoms with Gasteiger partial charge in [0, 0.05) is 17.5 Å². The molecule has 3 nitrogen and oxygen atoms in total. The molecule has 2 aromatic rings. The van der Waals surface area contributed by atoms with Crippen LogP contribution in [0.2, 0.25) is 0 Å². The van der Waals surface area contributed by atoms with Gasteiger partial charge in [0.05, 0.1) is 18.2 Å². The van der Waals surface area contributed by atoms with Crippen molar-refractivity contribution in [1.82, 2.24) is 10.3 Å². The van der Waals surface area contributed by atoms with Gasteiger partial charge >= 0.3 is 0 Å². The van der Waals surface area contributed by atoms with E-state index in [1.54, 1.807) is 23.9 Å². The van der Waals surface area contributed by atoms with Crippen molar-refractivity contribution in [2.75, 3.05) is 6.54 Å². The monoisotopic (exact) mass is 208 g/mol. The summed E-state index contributed by atoms with van der Waals surface area (Å²) in [4.78, 5) is 4.49. The lowest BCUT2D eigenvalue weighted by molar-refractivity contribution is 0.568. The van der Waals surface area contributed by atoms with Crippen molar-refractivity contribution >= 4 is 11.3 Å². The van der Waals surface area contributed by atoms with Gasteiger partial charge in [0.1, 0.15) is 5.01 Å². The minimum Gasteiger partial charge on any atom is -0.472 e. The van der Waals surface area contributed by atoms with Crippen LogP contribution < -0.4 is 5.32 Å². The summed E-state index contributed by atoms with van der Waals surface area (Å²) in [5.74, 6) is 0. The first-order valence-electron chi connectivity index (χ1n) is 4.58. The molecule has 2 aromatic heterocycles. The molecule has 0 atom stereocenters. The molecule has 0 unspecified atom stereocenters. The van der Waals surface area contributed by atoms with E-state index in [0.717, 1.165) is 29.4 Å². The van der Waals surface area contributed by atoms with Gasteiger partial charge in [0.2, 0.25) is 0 Å². The number of aromatic nitrogens is 1. The normalized spacial score (nSPS) is 10.6. The molecule has 2 rings (SSSR count). The Kier molecular flexibility index (Phi) is 2.96. The Hall–Kier alpha value is -1.13. The fourth-order valence-corrected chi connectivity index (χ4v) is 1.94. The van der Waals surface area contributed by atoms with Crippen LogP contribution in [0.15, 0.2) is 28.4 Å². The Bertz CT molecular complexity index is 380. The van der Waals surface area contributed by atoms with Crippen LogP contribution >= 0.6 is 11.3 Å². The molecule has 0 aliphatic rings. The second-order valence-electron chi connectivity index (χ2n) is 2.92. The summed E-state index contributed by atoms with van der Waals surface area (Å²) in [6.07, 6.45) is 3.38. The van der Waals surface area contributed by atoms with Crippen molar-refractivity contribution in [2.24, 2.45) is 0 Å². The maximum Gasteiger partial charge on any atom is 0.107 e. The molecule has 0 radical (unpaired) electrons. The molecule has 0 bridgehead atoms. The minimum atomic E-state index is 0.846. The minimum absolute atomic E-state index is 0.846. The molecule has 0 amide bonds. The Morgan fingerprint density at radius 1 is 1.57 bits per heavy atom. The van der Waals surface area contributed by atoms with Gasteiger partial charge < -0.3 is 9.73 Å². The summed E-state index contributed by atoms with van der Waals surface area (Å²) in [6.45, 7) is 3.91. The van der Waals surface area contributed by atoms with E-state index in [0.29, 0.717) is 0 Å². The zero-order chi connectivity index (χ0) is 9.80. The molecule has 0 fully saturated rings. The van der Waals surface area contributed by atoms with E-state index in [2.05, 4.69) is 22.6 Å². The SMILES string of the molecule is CCNCc1nc(-c2ccoc2)cs1. The van der Waals surface area contributed by atoms with Crippen LogP contribution in [0.1, 0.15) is 11.9 Å². The largest absolute Gasteiger partial charge is 0.472 e. The summed E-state index contributed by atoms with van der Waals surface area (Å²) in [6, 6.07) is 1.92. The quantitative estimate of drug-likeness (QED) is 0.839. The Labute approximate surface area is 86.8 Å². The maximum absolute atomic E-state index is 5.01. The lowest BCUT2D eigenvalue weighted by atomic mass is 10.3. The van der Waals surface area contributed by atoms with Gasteiger partial charge in [-0.2, -0.15) is 0 Å². The van der Waals surface area contributed by atoms with Gasteiger partial charge in [-0.15, -0.1) is 11.3 Å². The average Bonchev–Trinajstić information content (AvgIpc) is 2.85. The van der Waals surface area contributed by atoms with Crippen LogP contribution in [-0.4, -0.2) is 11.5 Å². The first-order valence-corrected chi connectivity index (χ1v) is 5.46. The summed E-state index contributed by atoms with van der Waals surface area (Å²) >= 11 is 1.67. The fourth-order valence-electron chi connectivity index (χ4n) is 1.17. The standard InChI is InChI=1S/C10H12N2OS/c1-2-11-5-10-12-9(7-14-10)8-3-4-13-6-8/h3-4,6-7,11H,2,5H2,1H3. The third-order valence-electron chi connectivity index (χ3n) is 1.89. The third-order valence-corrected chi connectivity index (χ3v) is 2.74. The van der Waals surface area contributed by atoms with Crippen molar-refractivity contribution in [3.63, 3.8) is 0 Å². The highest BCUT2D eigenvalue weighted by Crippen LogP contribution is 2.21. The number of rotatable bonds is 4. The van der Waals surface area contributed by atoms with Gasteiger partial charge in [0.15, 0.2) is 0 Å². The van der Waals surface area contributed by atoms with E-state index in [-0.39, 0.29) is 0 Å². The van der Waals surface area contributed by atoms with E-state index < -0.39 is 0 Å². The fraction of sp³-hybridized carbons (Fsp3) is 0.300. The number of hydrogen-bond acceptors (Lipinski definition) is 4. The Morgan fingerprint density at radius 2 is 2.50 bits per heavy atom. The smallest absolute Gasteiger partial charge is 0.107 e. The van der Waals surface area contributed by atoms with Crippen LogP contribution in [0.4, 0.5) is 0 Å². The topological polar surface area (TPSA) is 38.1 Å². The summed E-state index contributed by atoms with van der Waals surface area (Å²) in [7, 11) is 0. The van der Waals surface area contributed by atoms with Crippen LogP contribution in [0.25, 0.3) is 11.3 Å². The summed E-state index contributed by atoms with van der Waals surface area (Å²) < 4.78 is 5.01. The first kappa shape index (κ1) is 9.43. The van der Waals surface area contributed by atoms with Gasteiger partial charge in [-0.05, 0) is 12.6 Å². The molecule has 2 heterocycles. The van der Waals surface area contributed by atoms with E-state index in [1.165, 1.54) is 0 Å². The lowest BCUT2D eigenvalue weighted by Gasteiger charge is -1.94. The molecular formula is C10H12N2OS. The van der Waals surface area contributed by atoms with Crippen molar-refractivity contribution in [1.29, 1.82) is 0 Å². The molecule has 14 heavy (non-hydrogen) atoms. The molecule has 0 saturated carbocycles. The first-order chi connectivity index (χ1) is 6.90. The van der Waals surface area contributed by atoms with Crippen molar-refractivity contribution in [2.45, 2.75) is 13.5 Å². The Morgan fingerprint density at radius 3 is 3.21 bits per heavy atom. The number of thiazole rings is 1. The van der Waals surface area contributed by atoms with Crippen LogP contribution in [0, 0.1) is 0 Å². The highest BCUT2D eigenvalue weighted by Gasteiger charge is 2.04. The van der Waals surface area contributed by atoms with E-state index in [1.807, 2.05) is 6.07 Å². The second kappa shape index (κ2) is 4.39. The number of hydrogen-bond donors (Lipinski definition) is 1. The molecule has 1 N–H and O–H groups in total. The second-order valence-corrected chi connectivity index (χ2v) is 3.86. The van der Waals surface area contributed by atoms with E-state index in [4.69, 9.17) is 4.42 Å². The van der Waals surface area contributed by atoms with Crippen LogP contribution in [0.5, 0.6) is 0 Å². The third kappa shape index (κ3) is 2.02. The van der Waals surface area contributed by atoms with Crippen LogP contribution in [0.3, 0.4) is 0 Å².